The van der Waals surface area contributed by atoms with Gasteiger partial charge < -0.3 is 15.4 Å². The molecule has 27 heavy (non-hydrogen) atoms. The van der Waals surface area contributed by atoms with Gasteiger partial charge >= 0.3 is 6.03 Å². The van der Waals surface area contributed by atoms with E-state index in [2.05, 4.69) is 10.6 Å². The summed E-state index contributed by atoms with van der Waals surface area (Å²) in [5, 5.41) is 5.87. The average molecular weight is 386 g/mol. The van der Waals surface area contributed by atoms with Crippen LogP contribution >= 0.6 is 11.6 Å². The van der Waals surface area contributed by atoms with Crippen molar-refractivity contribution in [2.45, 2.75) is 12.0 Å². The molecule has 2 aliphatic rings. The molecular weight excluding hydrogens is 370 g/mol. The molecule has 2 aromatic carbocycles. The molecule has 4 rings (SSSR count). The Morgan fingerprint density at radius 1 is 1.22 bits per heavy atom. The highest BCUT2D eigenvalue weighted by molar-refractivity contribution is 6.30. The van der Waals surface area contributed by atoms with Gasteiger partial charge in [-0.3, -0.25) is 14.5 Å². The van der Waals surface area contributed by atoms with E-state index in [1.54, 1.807) is 48.5 Å². The Balaban J connectivity index is 1.55. The van der Waals surface area contributed by atoms with Crippen LogP contribution in [0.5, 0.6) is 5.75 Å². The number of imide groups is 1. The van der Waals surface area contributed by atoms with Crippen LogP contribution in [-0.2, 0) is 15.1 Å². The number of fused-ring (bicyclic) bond motifs is 2. The number of rotatable bonds is 3. The fraction of sp³-hybridized carbons (Fsp3) is 0.211. The predicted octanol–water partition coefficient (Wildman–Crippen LogP) is 2.51. The molecule has 138 valence electrons. The fourth-order valence-electron chi connectivity index (χ4n) is 3.43. The van der Waals surface area contributed by atoms with E-state index in [0.717, 1.165) is 4.90 Å². The van der Waals surface area contributed by atoms with Crippen molar-refractivity contribution in [1.29, 1.82) is 0 Å². The Bertz CT molecular complexity index is 948. The standard InChI is InChI=1S/C19H16ClN3O4/c20-12-4-3-5-13(10-12)21-16(24)11-23-17(25)19(22-18(23)26)8-9-27-15-7-2-1-6-14(15)19/h1-7,10H,8-9,11H2,(H,21,24)(H,22,26)/t19-/m1/s1. The van der Waals surface area contributed by atoms with E-state index in [-0.39, 0.29) is 6.54 Å². The van der Waals surface area contributed by atoms with Crippen molar-refractivity contribution in [2.24, 2.45) is 0 Å². The number of halogens is 1. The molecule has 0 saturated carbocycles. The summed E-state index contributed by atoms with van der Waals surface area (Å²) in [6.45, 7) is -0.0897. The highest BCUT2D eigenvalue weighted by atomic mass is 35.5. The van der Waals surface area contributed by atoms with E-state index < -0.39 is 23.4 Å². The smallest absolute Gasteiger partial charge is 0.325 e. The zero-order chi connectivity index (χ0) is 19.0. The lowest BCUT2D eigenvalue weighted by Crippen LogP contribution is -2.48. The van der Waals surface area contributed by atoms with Gasteiger partial charge in [0.15, 0.2) is 5.54 Å². The maximum absolute atomic E-state index is 13.1. The lowest BCUT2D eigenvalue weighted by molar-refractivity contribution is -0.135. The van der Waals surface area contributed by atoms with Crippen molar-refractivity contribution in [3.05, 3.63) is 59.1 Å². The number of carbonyl (C=O) groups excluding carboxylic acids is 3. The molecule has 0 unspecified atom stereocenters. The molecule has 2 heterocycles. The quantitative estimate of drug-likeness (QED) is 0.795. The van der Waals surface area contributed by atoms with E-state index in [0.29, 0.717) is 35.1 Å². The van der Waals surface area contributed by atoms with E-state index >= 15 is 0 Å². The van der Waals surface area contributed by atoms with Crippen LogP contribution in [0, 0.1) is 0 Å². The van der Waals surface area contributed by atoms with Crippen LogP contribution < -0.4 is 15.4 Å². The Hall–Kier alpha value is -3.06. The average Bonchev–Trinajstić information content (AvgIpc) is 2.87. The van der Waals surface area contributed by atoms with Crippen LogP contribution in [-0.4, -0.2) is 35.9 Å². The molecule has 0 aliphatic carbocycles. The first-order valence-electron chi connectivity index (χ1n) is 8.41. The summed E-state index contributed by atoms with van der Waals surface area (Å²) in [6.07, 6.45) is 0.307. The zero-order valence-corrected chi connectivity index (χ0v) is 15.0. The molecule has 1 atom stereocenters. The summed E-state index contributed by atoms with van der Waals surface area (Å²) in [5.41, 5.74) is -0.0968. The summed E-state index contributed by atoms with van der Waals surface area (Å²) in [5.74, 6) is -0.384. The molecule has 1 spiro atoms. The number of para-hydroxylation sites is 1. The highest BCUT2D eigenvalue weighted by Gasteiger charge is 2.55. The summed E-state index contributed by atoms with van der Waals surface area (Å²) in [7, 11) is 0. The Labute approximate surface area is 160 Å². The van der Waals surface area contributed by atoms with E-state index in [9.17, 15) is 14.4 Å². The van der Waals surface area contributed by atoms with Gasteiger partial charge in [0.05, 0.1) is 6.61 Å². The SMILES string of the molecule is O=C(CN1C(=O)N[C@@]2(CCOc3ccccc32)C1=O)Nc1cccc(Cl)c1. The summed E-state index contributed by atoms with van der Waals surface area (Å²) in [4.78, 5) is 38.8. The van der Waals surface area contributed by atoms with Gasteiger partial charge in [0.2, 0.25) is 5.91 Å². The molecule has 8 heteroatoms. The minimum absolute atomic E-state index is 0.297. The minimum Gasteiger partial charge on any atom is -0.493 e. The van der Waals surface area contributed by atoms with Crippen LogP contribution in [0.4, 0.5) is 10.5 Å². The van der Waals surface area contributed by atoms with E-state index in [1.165, 1.54) is 0 Å². The summed E-state index contributed by atoms with van der Waals surface area (Å²) < 4.78 is 5.59. The largest absolute Gasteiger partial charge is 0.493 e. The van der Waals surface area contributed by atoms with Crippen molar-refractivity contribution >= 4 is 35.1 Å². The Morgan fingerprint density at radius 3 is 2.85 bits per heavy atom. The van der Waals surface area contributed by atoms with Gasteiger partial charge in [-0.2, -0.15) is 0 Å². The van der Waals surface area contributed by atoms with Crippen molar-refractivity contribution in [3.8, 4) is 5.75 Å². The molecule has 0 bridgehead atoms. The van der Waals surface area contributed by atoms with Crippen LogP contribution in [0.2, 0.25) is 5.02 Å². The molecule has 2 aliphatic heterocycles. The van der Waals surface area contributed by atoms with E-state index in [4.69, 9.17) is 16.3 Å². The Kier molecular flexibility index (Phi) is 4.24. The van der Waals surface area contributed by atoms with Gasteiger partial charge in [0, 0.05) is 22.7 Å². The van der Waals surface area contributed by atoms with Crippen molar-refractivity contribution in [2.75, 3.05) is 18.5 Å². The number of ether oxygens (including phenoxy) is 1. The number of nitrogens with zero attached hydrogens (tertiary/aromatic N) is 1. The van der Waals surface area contributed by atoms with Gasteiger partial charge in [-0.05, 0) is 24.3 Å². The topological polar surface area (TPSA) is 87.7 Å². The van der Waals surface area contributed by atoms with Crippen molar-refractivity contribution in [3.63, 3.8) is 0 Å². The second kappa shape index (κ2) is 6.59. The molecule has 1 saturated heterocycles. The van der Waals surface area contributed by atoms with Crippen LogP contribution in [0.1, 0.15) is 12.0 Å². The van der Waals surface area contributed by atoms with Crippen molar-refractivity contribution in [1.82, 2.24) is 10.2 Å². The van der Waals surface area contributed by atoms with Gasteiger partial charge in [-0.25, -0.2) is 4.79 Å². The fourth-order valence-corrected chi connectivity index (χ4v) is 3.62. The summed E-state index contributed by atoms with van der Waals surface area (Å²) in [6, 6.07) is 13.1. The van der Waals surface area contributed by atoms with Gasteiger partial charge in [-0.15, -0.1) is 0 Å². The number of nitrogens with one attached hydrogen (secondary N) is 2. The van der Waals surface area contributed by atoms with Crippen LogP contribution in [0.15, 0.2) is 48.5 Å². The number of hydrogen-bond acceptors (Lipinski definition) is 4. The third-order valence-electron chi connectivity index (χ3n) is 4.67. The molecule has 0 radical (unpaired) electrons. The second-order valence-corrected chi connectivity index (χ2v) is 6.82. The third-order valence-corrected chi connectivity index (χ3v) is 4.90. The minimum atomic E-state index is -1.19. The van der Waals surface area contributed by atoms with Gasteiger partial charge in [0.1, 0.15) is 12.3 Å². The van der Waals surface area contributed by atoms with E-state index in [1.807, 2.05) is 0 Å². The molecular formula is C19H16ClN3O4. The molecule has 4 amide bonds. The normalized spacial score (nSPS) is 20.9. The van der Waals surface area contributed by atoms with Gasteiger partial charge in [-0.1, -0.05) is 35.9 Å². The van der Waals surface area contributed by atoms with Crippen molar-refractivity contribution < 1.29 is 19.1 Å². The van der Waals surface area contributed by atoms with Crippen LogP contribution in [0.25, 0.3) is 0 Å². The predicted molar refractivity (Wildman–Crippen MR) is 98.6 cm³/mol. The second-order valence-electron chi connectivity index (χ2n) is 6.38. The number of anilines is 1. The highest BCUT2D eigenvalue weighted by Crippen LogP contribution is 2.40. The van der Waals surface area contributed by atoms with Crippen LogP contribution in [0.3, 0.4) is 0 Å². The third kappa shape index (κ3) is 3.00. The first kappa shape index (κ1) is 17.4. The summed E-state index contributed by atoms with van der Waals surface area (Å²) >= 11 is 5.90. The number of carbonyl (C=O) groups is 3. The lowest BCUT2D eigenvalue weighted by atomic mass is 9.84. The monoisotopic (exact) mass is 385 g/mol. The Morgan fingerprint density at radius 2 is 2.04 bits per heavy atom. The number of hydrogen-bond donors (Lipinski definition) is 2. The molecule has 0 aromatic heterocycles. The number of benzene rings is 2. The van der Waals surface area contributed by atoms with Gasteiger partial charge in [0.25, 0.3) is 5.91 Å². The molecule has 1 fully saturated rings. The first-order chi connectivity index (χ1) is 13.0. The molecule has 2 N–H and O–H groups in total. The zero-order valence-electron chi connectivity index (χ0n) is 14.2. The lowest BCUT2D eigenvalue weighted by Gasteiger charge is -2.33. The number of amides is 4. The number of urea groups is 1. The molecule has 7 nitrogen and oxygen atoms in total. The maximum atomic E-state index is 13.1. The maximum Gasteiger partial charge on any atom is 0.325 e. The first-order valence-corrected chi connectivity index (χ1v) is 8.79. The molecule has 2 aromatic rings.